The van der Waals surface area contributed by atoms with E-state index in [1.54, 1.807) is 30.6 Å². The fourth-order valence-corrected chi connectivity index (χ4v) is 7.43. The number of hydrogen-bond donors (Lipinski definition) is 3. The lowest BCUT2D eigenvalue weighted by molar-refractivity contribution is -0.151. The maximum absolute atomic E-state index is 14.5. The Balaban J connectivity index is 1.41. The smallest absolute Gasteiger partial charge is 0.408 e. The van der Waals surface area contributed by atoms with Crippen molar-refractivity contribution < 1.29 is 43.0 Å². The first-order valence-corrected chi connectivity index (χ1v) is 20.8. The van der Waals surface area contributed by atoms with Gasteiger partial charge in [0.15, 0.2) is 0 Å². The van der Waals surface area contributed by atoms with Crippen molar-refractivity contribution in [3.63, 3.8) is 0 Å². The first-order chi connectivity index (χ1) is 28.1. The quantitative estimate of drug-likeness (QED) is 0.0545. The van der Waals surface area contributed by atoms with Crippen LogP contribution in [0.5, 0.6) is 0 Å². The topological polar surface area (TPSA) is 173 Å². The summed E-state index contributed by atoms with van der Waals surface area (Å²) in [6.07, 6.45) is 5.56. The van der Waals surface area contributed by atoms with Gasteiger partial charge >= 0.3 is 18.2 Å². The molecule has 2 heterocycles. The highest BCUT2D eigenvalue weighted by Crippen LogP contribution is 2.27. The second-order valence-corrected chi connectivity index (χ2v) is 16.7. The summed E-state index contributed by atoms with van der Waals surface area (Å²) in [7, 11) is 1.21. The van der Waals surface area contributed by atoms with E-state index in [0.717, 1.165) is 11.1 Å². The Morgan fingerprint density at radius 2 is 1.49 bits per heavy atom. The highest BCUT2D eigenvalue weighted by atomic mass is 16.6. The number of amides is 5. The largest absolute Gasteiger partial charge is 0.468 e. The van der Waals surface area contributed by atoms with E-state index in [0.29, 0.717) is 58.0 Å². The molecular formula is C45H63N5O9. The van der Waals surface area contributed by atoms with Gasteiger partial charge in [0, 0.05) is 19.6 Å². The highest BCUT2D eigenvalue weighted by Gasteiger charge is 2.42. The summed E-state index contributed by atoms with van der Waals surface area (Å²) < 4.78 is 15.7. The summed E-state index contributed by atoms with van der Waals surface area (Å²) in [6, 6.07) is 17.8. The number of carbonyl (C=O) groups excluding carboxylic acids is 6. The molecular weight excluding hydrogens is 755 g/mol. The minimum atomic E-state index is -1.15. The molecule has 322 valence electrons. The van der Waals surface area contributed by atoms with E-state index >= 15 is 0 Å². The minimum absolute atomic E-state index is 0.102. The van der Waals surface area contributed by atoms with Gasteiger partial charge in [0.2, 0.25) is 17.7 Å². The van der Waals surface area contributed by atoms with Crippen LogP contribution in [-0.2, 0) is 46.4 Å². The lowest BCUT2D eigenvalue weighted by atomic mass is 9.95. The number of carbonyl (C=O) groups is 6. The van der Waals surface area contributed by atoms with E-state index < -0.39 is 53.7 Å². The monoisotopic (exact) mass is 817 g/mol. The van der Waals surface area contributed by atoms with Crippen molar-refractivity contribution in [2.75, 3.05) is 26.7 Å². The Kier molecular flexibility index (Phi) is 17.8. The number of esters is 1. The fraction of sp³-hybridized carbons (Fsp3) is 0.556. The van der Waals surface area contributed by atoms with Crippen LogP contribution in [0.15, 0.2) is 72.8 Å². The number of benzene rings is 2. The summed E-state index contributed by atoms with van der Waals surface area (Å²) >= 11 is 0. The second kappa shape index (κ2) is 22.7. The zero-order valence-corrected chi connectivity index (χ0v) is 35.4. The molecule has 4 rings (SSSR count). The van der Waals surface area contributed by atoms with Crippen LogP contribution in [-0.4, -0.2) is 96.3 Å². The maximum Gasteiger partial charge on any atom is 0.408 e. The fourth-order valence-electron chi connectivity index (χ4n) is 7.43. The van der Waals surface area contributed by atoms with E-state index in [9.17, 15) is 28.8 Å². The Labute approximate surface area is 348 Å². The second-order valence-electron chi connectivity index (χ2n) is 16.7. The van der Waals surface area contributed by atoms with Crippen molar-refractivity contribution in [3.05, 3.63) is 83.9 Å². The molecule has 2 fully saturated rings. The lowest BCUT2D eigenvalue weighted by Gasteiger charge is -2.33. The number of hydrogen-bond acceptors (Lipinski definition) is 9. The number of ether oxygens (including phenoxy) is 3. The van der Waals surface area contributed by atoms with Gasteiger partial charge in [0.05, 0.1) is 19.1 Å². The minimum Gasteiger partial charge on any atom is -0.468 e. The third-order valence-electron chi connectivity index (χ3n) is 10.2. The maximum atomic E-state index is 14.5. The molecule has 59 heavy (non-hydrogen) atoms. The first-order valence-electron chi connectivity index (χ1n) is 20.8. The van der Waals surface area contributed by atoms with Crippen LogP contribution >= 0.6 is 0 Å². The van der Waals surface area contributed by atoms with Crippen LogP contribution < -0.4 is 16.0 Å². The number of methoxy groups -OCH3 is 1. The molecule has 2 aromatic rings. The third-order valence-corrected chi connectivity index (χ3v) is 10.2. The Morgan fingerprint density at radius 1 is 0.847 bits per heavy atom. The number of rotatable bonds is 18. The standard InChI is InChI=1S/C45H63N5O9/c1-31(2)28-35(47-44(56)59-45(3,4)5)24-23-34(29-32-16-9-7-10-17-32)40(52)49-26-14-21-37(49)41(53)50-27-15-22-38(50)48-39(51)36(42(54)57-6)20-13-25-46-43(55)58-30-33-18-11-8-12-19-33/h7-12,16-19,23-24,31,34-38H,13-15,20-22,25-30H2,1-6H3,(H,46,55)(H,47,56)(H,48,51)/b24-23+/t34-,35+,36-,37-,38-/m0/s1. The zero-order valence-electron chi connectivity index (χ0n) is 35.4. The number of likely N-dealkylation sites (tertiary alicyclic amines) is 2. The molecule has 0 radical (unpaired) electrons. The molecule has 2 saturated heterocycles. The molecule has 2 aliphatic heterocycles. The van der Waals surface area contributed by atoms with Gasteiger partial charge in [-0.2, -0.15) is 0 Å². The number of alkyl carbamates (subject to hydrolysis) is 2. The van der Waals surface area contributed by atoms with Crippen molar-refractivity contribution in [2.45, 2.75) is 116 Å². The van der Waals surface area contributed by atoms with Gasteiger partial charge in [-0.3, -0.25) is 19.2 Å². The molecule has 0 aliphatic carbocycles. The Bertz CT molecular complexity index is 1730. The van der Waals surface area contributed by atoms with Gasteiger partial charge in [-0.15, -0.1) is 0 Å². The van der Waals surface area contributed by atoms with E-state index in [2.05, 4.69) is 29.8 Å². The van der Waals surface area contributed by atoms with Crippen molar-refractivity contribution in [3.8, 4) is 0 Å². The first kappa shape index (κ1) is 46.3. The van der Waals surface area contributed by atoms with Crippen molar-refractivity contribution in [1.29, 1.82) is 0 Å². The predicted octanol–water partition coefficient (Wildman–Crippen LogP) is 5.89. The molecule has 0 bridgehead atoms. The van der Waals surface area contributed by atoms with Gasteiger partial charge in [0.1, 0.15) is 30.3 Å². The van der Waals surface area contributed by atoms with Crippen LogP contribution in [0.2, 0.25) is 0 Å². The summed E-state index contributed by atoms with van der Waals surface area (Å²) in [5.41, 5.74) is 1.14. The summed E-state index contributed by atoms with van der Waals surface area (Å²) in [5, 5.41) is 8.50. The molecule has 0 aromatic heterocycles. The molecule has 2 aromatic carbocycles. The van der Waals surface area contributed by atoms with Crippen LogP contribution in [0.1, 0.15) is 90.7 Å². The average Bonchev–Trinajstić information content (AvgIpc) is 3.88. The summed E-state index contributed by atoms with van der Waals surface area (Å²) in [4.78, 5) is 83.3. The molecule has 5 atom stereocenters. The van der Waals surface area contributed by atoms with Crippen LogP contribution in [0.3, 0.4) is 0 Å². The molecule has 3 N–H and O–H groups in total. The van der Waals surface area contributed by atoms with Crippen LogP contribution in [0.4, 0.5) is 9.59 Å². The Hall–Kier alpha value is -5.40. The van der Waals surface area contributed by atoms with E-state index in [-0.39, 0.29) is 43.3 Å². The normalized spacial score (nSPS) is 18.2. The van der Waals surface area contributed by atoms with Crippen LogP contribution in [0, 0.1) is 17.8 Å². The van der Waals surface area contributed by atoms with Crippen molar-refractivity contribution in [2.24, 2.45) is 17.8 Å². The molecule has 0 unspecified atom stereocenters. The van der Waals surface area contributed by atoms with Crippen molar-refractivity contribution >= 4 is 35.9 Å². The zero-order chi connectivity index (χ0) is 43.0. The number of nitrogens with zero attached hydrogens (tertiary/aromatic N) is 2. The third kappa shape index (κ3) is 15.0. The predicted molar refractivity (Wildman–Crippen MR) is 222 cm³/mol. The number of nitrogens with one attached hydrogen (secondary N) is 3. The molecule has 14 heteroatoms. The molecule has 14 nitrogen and oxygen atoms in total. The SMILES string of the molecule is COC(=O)[C@@H](CCCNC(=O)OCc1ccccc1)C(=O)N[C@@H]1CCCN1C(=O)[C@@H]1CCCN1C(=O)[C@@H](/C=C/[C@H](CC(C)C)NC(=O)OC(C)(C)C)Cc1ccccc1. The average molecular weight is 818 g/mol. The van der Waals surface area contributed by atoms with Crippen molar-refractivity contribution in [1.82, 2.24) is 25.8 Å². The lowest BCUT2D eigenvalue weighted by Crippen LogP contribution is -2.55. The molecule has 0 spiro atoms. The summed E-state index contributed by atoms with van der Waals surface area (Å²) in [5.74, 6) is -3.25. The van der Waals surface area contributed by atoms with Gasteiger partial charge in [-0.1, -0.05) is 86.7 Å². The van der Waals surface area contributed by atoms with Gasteiger partial charge < -0.3 is 40.0 Å². The molecule has 5 amide bonds. The molecule has 2 aliphatic rings. The van der Waals surface area contributed by atoms with E-state index in [1.165, 1.54) is 7.11 Å². The van der Waals surface area contributed by atoms with E-state index in [4.69, 9.17) is 14.2 Å². The van der Waals surface area contributed by atoms with Crippen LogP contribution in [0.25, 0.3) is 0 Å². The Morgan fingerprint density at radius 3 is 2.14 bits per heavy atom. The van der Waals surface area contributed by atoms with E-state index in [1.807, 2.05) is 72.8 Å². The van der Waals surface area contributed by atoms with Gasteiger partial charge in [-0.25, -0.2) is 9.59 Å². The van der Waals surface area contributed by atoms with Gasteiger partial charge in [-0.05, 0) is 89.2 Å². The highest BCUT2D eigenvalue weighted by molar-refractivity contribution is 5.98. The summed E-state index contributed by atoms with van der Waals surface area (Å²) in [6.45, 7) is 10.6. The van der Waals surface area contributed by atoms with Gasteiger partial charge in [0.25, 0.3) is 0 Å². The molecule has 0 saturated carbocycles.